The zero-order chi connectivity index (χ0) is 22.8. The fraction of sp³-hybridized carbons (Fsp3) is 0.480. The molecular weight excluding hydrogens is 435 g/mol. The zero-order valence-corrected chi connectivity index (χ0v) is 20.1. The lowest BCUT2D eigenvalue weighted by molar-refractivity contribution is 0.193. The summed E-state index contributed by atoms with van der Waals surface area (Å²) in [6.07, 6.45) is 6.38. The Morgan fingerprint density at radius 2 is 1.82 bits per heavy atom. The van der Waals surface area contributed by atoms with E-state index in [0.717, 1.165) is 65.9 Å². The van der Waals surface area contributed by atoms with Crippen LogP contribution in [-0.2, 0) is 0 Å². The fourth-order valence-corrected chi connectivity index (χ4v) is 5.43. The summed E-state index contributed by atoms with van der Waals surface area (Å²) in [4.78, 5) is 20.1. The van der Waals surface area contributed by atoms with Crippen LogP contribution in [0.2, 0.25) is 0 Å². The summed E-state index contributed by atoms with van der Waals surface area (Å²) in [5.41, 5.74) is 2.69. The molecule has 2 aromatic heterocycles. The number of likely N-dealkylation sites (N-methyl/N-ethyl adjacent to an activating group) is 1. The van der Waals surface area contributed by atoms with E-state index >= 15 is 0 Å². The quantitative estimate of drug-likeness (QED) is 0.518. The van der Waals surface area contributed by atoms with E-state index in [1.165, 1.54) is 25.0 Å². The van der Waals surface area contributed by atoms with Crippen LogP contribution in [0, 0.1) is 5.82 Å². The number of nitrogens with zero attached hydrogens (tertiary/aromatic N) is 5. The van der Waals surface area contributed by atoms with Gasteiger partial charge in [-0.2, -0.15) is 0 Å². The van der Waals surface area contributed by atoms with Gasteiger partial charge in [0.1, 0.15) is 5.82 Å². The summed E-state index contributed by atoms with van der Waals surface area (Å²) >= 11 is 1.73. The first-order valence-electron chi connectivity index (χ1n) is 11.8. The first-order chi connectivity index (χ1) is 16.0. The van der Waals surface area contributed by atoms with Gasteiger partial charge in [0, 0.05) is 36.8 Å². The van der Waals surface area contributed by atoms with E-state index in [2.05, 4.69) is 34.2 Å². The summed E-state index contributed by atoms with van der Waals surface area (Å²) in [5.74, 6) is 0.882. The van der Waals surface area contributed by atoms with Crippen LogP contribution >= 0.6 is 11.3 Å². The average molecular weight is 467 g/mol. The second-order valence-corrected chi connectivity index (χ2v) is 10.4. The van der Waals surface area contributed by atoms with Crippen molar-refractivity contribution in [1.29, 1.82) is 0 Å². The zero-order valence-electron chi connectivity index (χ0n) is 19.3. The van der Waals surface area contributed by atoms with Gasteiger partial charge in [0.05, 0.1) is 21.3 Å². The standard InChI is InChI=1S/C25H31FN6S/c1-31(2)15-16-32-13-10-18(11-14-32)24-30-22(17-3-5-19(26)6-4-17)23(33-24)21-9-12-27-25(29-21)28-20-7-8-20/h3-6,9,12,18,20H,7-8,10-11,13-16H2,1-2H3,(H,27,28,29). The highest BCUT2D eigenvalue weighted by molar-refractivity contribution is 7.15. The number of nitrogens with one attached hydrogen (secondary N) is 1. The molecule has 5 rings (SSSR count). The number of benzene rings is 1. The van der Waals surface area contributed by atoms with E-state index in [9.17, 15) is 4.39 Å². The maximum Gasteiger partial charge on any atom is 0.223 e. The van der Waals surface area contributed by atoms with Crippen molar-refractivity contribution in [3.05, 3.63) is 47.4 Å². The van der Waals surface area contributed by atoms with Gasteiger partial charge in [-0.25, -0.2) is 19.3 Å². The minimum absolute atomic E-state index is 0.237. The molecule has 0 atom stereocenters. The first-order valence-corrected chi connectivity index (χ1v) is 12.6. The molecule has 3 heterocycles. The Balaban J connectivity index is 1.41. The summed E-state index contributed by atoms with van der Waals surface area (Å²) in [6, 6.07) is 9.07. The predicted octanol–water partition coefficient (Wildman–Crippen LogP) is 4.72. The molecule has 174 valence electrons. The van der Waals surface area contributed by atoms with Gasteiger partial charge in [-0.05, 0) is 83.2 Å². The van der Waals surface area contributed by atoms with Crippen LogP contribution in [0.25, 0.3) is 21.8 Å². The molecule has 0 amide bonds. The summed E-state index contributed by atoms with van der Waals surface area (Å²) in [6.45, 7) is 4.40. The molecule has 1 saturated carbocycles. The van der Waals surface area contributed by atoms with Crippen molar-refractivity contribution in [1.82, 2.24) is 24.8 Å². The van der Waals surface area contributed by atoms with Gasteiger partial charge in [-0.1, -0.05) is 0 Å². The van der Waals surface area contributed by atoms with Gasteiger partial charge < -0.3 is 15.1 Å². The lowest BCUT2D eigenvalue weighted by Crippen LogP contribution is -2.37. The number of halogens is 1. The molecule has 0 unspecified atom stereocenters. The van der Waals surface area contributed by atoms with Crippen LogP contribution in [-0.4, -0.2) is 71.1 Å². The molecule has 1 aliphatic heterocycles. The predicted molar refractivity (Wildman–Crippen MR) is 132 cm³/mol. The Morgan fingerprint density at radius 3 is 2.52 bits per heavy atom. The molecule has 8 heteroatoms. The molecule has 1 saturated heterocycles. The molecule has 0 bridgehead atoms. The van der Waals surface area contributed by atoms with Crippen LogP contribution in [0.4, 0.5) is 10.3 Å². The third-order valence-corrected chi connectivity index (χ3v) is 7.60. The molecular formula is C25H31FN6S. The Kier molecular flexibility index (Phi) is 6.66. The minimum Gasteiger partial charge on any atom is -0.351 e. The number of likely N-dealkylation sites (tertiary alicyclic amines) is 1. The topological polar surface area (TPSA) is 57.2 Å². The number of rotatable bonds is 8. The SMILES string of the molecule is CN(C)CCN1CCC(c2nc(-c3ccc(F)cc3)c(-c3ccnc(NC4CC4)n3)s2)CC1. The van der Waals surface area contributed by atoms with Crippen molar-refractivity contribution in [2.45, 2.75) is 37.6 Å². The monoisotopic (exact) mass is 466 g/mol. The lowest BCUT2D eigenvalue weighted by atomic mass is 9.97. The molecule has 1 aromatic carbocycles. The number of thiazole rings is 1. The van der Waals surface area contributed by atoms with Gasteiger partial charge >= 0.3 is 0 Å². The fourth-order valence-electron chi connectivity index (χ4n) is 4.20. The second kappa shape index (κ2) is 9.83. The third-order valence-electron chi connectivity index (χ3n) is 6.36. The largest absolute Gasteiger partial charge is 0.351 e. The third kappa shape index (κ3) is 5.57. The van der Waals surface area contributed by atoms with Crippen molar-refractivity contribution < 1.29 is 4.39 Å². The van der Waals surface area contributed by atoms with Crippen LogP contribution in [0.1, 0.15) is 36.6 Å². The smallest absolute Gasteiger partial charge is 0.223 e. The maximum atomic E-state index is 13.6. The Hall–Kier alpha value is -2.42. The highest BCUT2D eigenvalue weighted by atomic mass is 32.1. The molecule has 2 fully saturated rings. The van der Waals surface area contributed by atoms with E-state index in [-0.39, 0.29) is 5.82 Å². The van der Waals surface area contributed by atoms with E-state index in [1.54, 1.807) is 11.3 Å². The molecule has 6 nitrogen and oxygen atoms in total. The van der Waals surface area contributed by atoms with Crippen molar-refractivity contribution in [3.63, 3.8) is 0 Å². The van der Waals surface area contributed by atoms with Crippen LogP contribution in [0.15, 0.2) is 36.5 Å². The maximum absolute atomic E-state index is 13.6. The first kappa shape index (κ1) is 22.4. The minimum atomic E-state index is -0.237. The van der Waals surface area contributed by atoms with Gasteiger partial charge in [-0.3, -0.25) is 0 Å². The van der Waals surface area contributed by atoms with E-state index in [1.807, 2.05) is 24.4 Å². The highest BCUT2D eigenvalue weighted by Crippen LogP contribution is 2.41. The molecule has 33 heavy (non-hydrogen) atoms. The summed E-state index contributed by atoms with van der Waals surface area (Å²) in [7, 11) is 4.25. The number of hydrogen-bond donors (Lipinski definition) is 1. The van der Waals surface area contributed by atoms with Gasteiger partial charge in [0.25, 0.3) is 0 Å². The normalized spacial score (nSPS) is 17.6. The summed E-state index contributed by atoms with van der Waals surface area (Å²) < 4.78 is 13.6. The van der Waals surface area contributed by atoms with E-state index < -0.39 is 0 Å². The van der Waals surface area contributed by atoms with Gasteiger partial charge in [0.2, 0.25) is 5.95 Å². The van der Waals surface area contributed by atoms with Gasteiger partial charge in [-0.15, -0.1) is 11.3 Å². The Bertz CT molecular complexity index is 1070. The van der Waals surface area contributed by atoms with Gasteiger partial charge in [0.15, 0.2) is 0 Å². The van der Waals surface area contributed by atoms with E-state index in [4.69, 9.17) is 9.97 Å². The lowest BCUT2D eigenvalue weighted by Gasteiger charge is -2.31. The number of piperidine rings is 1. The van der Waals surface area contributed by atoms with Crippen LogP contribution in [0.3, 0.4) is 0 Å². The Morgan fingerprint density at radius 1 is 1.06 bits per heavy atom. The number of aromatic nitrogens is 3. The van der Waals surface area contributed by atoms with Crippen LogP contribution < -0.4 is 5.32 Å². The second-order valence-electron chi connectivity index (χ2n) is 9.34. The number of anilines is 1. The molecule has 3 aromatic rings. The summed E-state index contributed by atoms with van der Waals surface area (Å²) in [5, 5.41) is 4.55. The number of hydrogen-bond acceptors (Lipinski definition) is 7. The van der Waals surface area contributed by atoms with Crippen LogP contribution in [0.5, 0.6) is 0 Å². The molecule has 0 spiro atoms. The van der Waals surface area contributed by atoms with Crippen molar-refractivity contribution in [2.75, 3.05) is 45.6 Å². The molecule has 2 aliphatic rings. The molecule has 1 N–H and O–H groups in total. The van der Waals surface area contributed by atoms with Crippen molar-refractivity contribution in [2.24, 2.45) is 0 Å². The molecule has 0 radical (unpaired) electrons. The van der Waals surface area contributed by atoms with Crippen molar-refractivity contribution >= 4 is 17.3 Å². The highest BCUT2D eigenvalue weighted by Gasteiger charge is 2.27. The van der Waals surface area contributed by atoms with Crippen molar-refractivity contribution in [3.8, 4) is 21.8 Å². The van der Waals surface area contributed by atoms with E-state index in [0.29, 0.717) is 17.9 Å². The Labute approximate surface area is 198 Å². The average Bonchev–Trinajstić information content (AvgIpc) is 3.52. The molecule has 1 aliphatic carbocycles.